The summed E-state index contributed by atoms with van der Waals surface area (Å²) < 4.78 is 13.6. The molecule has 0 saturated carbocycles. The van der Waals surface area contributed by atoms with Gasteiger partial charge in [-0.15, -0.1) is 0 Å². The summed E-state index contributed by atoms with van der Waals surface area (Å²) in [6.07, 6.45) is 0. The summed E-state index contributed by atoms with van der Waals surface area (Å²) in [7, 11) is 2.15. The topological polar surface area (TPSA) is 18.5 Å². The largest absolute Gasteiger partial charge is 0.381 e. The van der Waals surface area contributed by atoms with Gasteiger partial charge in [-0.1, -0.05) is 12.1 Å². The van der Waals surface area contributed by atoms with Crippen LogP contribution in [0.1, 0.15) is 5.56 Å². The lowest BCUT2D eigenvalue weighted by Crippen LogP contribution is -2.45. The summed E-state index contributed by atoms with van der Waals surface area (Å²) in [6, 6.07) is 5.18. The molecule has 0 bridgehead atoms. The number of hydrogen-bond donors (Lipinski definition) is 1. The lowest BCUT2D eigenvalue weighted by atomic mass is 10.2. The van der Waals surface area contributed by atoms with Gasteiger partial charge in [0.25, 0.3) is 0 Å². The molecular weight excluding hydrogens is 229 g/mol. The van der Waals surface area contributed by atoms with Gasteiger partial charge in [-0.25, -0.2) is 4.39 Å². The van der Waals surface area contributed by atoms with Gasteiger partial charge in [0, 0.05) is 39.3 Å². The number of rotatable bonds is 4. The van der Waals surface area contributed by atoms with E-state index in [0.717, 1.165) is 44.8 Å². The predicted molar refractivity (Wildman–Crippen MR) is 73.6 cm³/mol. The van der Waals surface area contributed by atoms with E-state index in [0.29, 0.717) is 5.69 Å². The second-order valence-electron chi connectivity index (χ2n) is 5.00. The zero-order chi connectivity index (χ0) is 13.0. The average molecular weight is 251 g/mol. The highest BCUT2D eigenvalue weighted by atomic mass is 19.1. The van der Waals surface area contributed by atoms with Crippen molar-refractivity contribution in [2.75, 3.05) is 51.6 Å². The molecule has 1 heterocycles. The van der Waals surface area contributed by atoms with Gasteiger partial charge in [-0.3, -0.25) is 4.90 Å². The van der Waals surface area contributed by atoms with E-state index in [1.807, 2.05) is 13.0 Å². The van der Waals surface area contributed by atoms with Gasteiger partial charge < -0.3 is 10.2 Å². The number of nitrogens with zero attached hydrogens (tertiary/aromatic N) is 2. The van der Waals surface area contributed by atoms with Gasteiger partial charge in [-0.05, 0) is 25.6 Å². The summed E-state index contributed by atoms with van der Waals surface area (Å²) in [5.41, 5.74) is 1.61. The molecule has 4 heteroatoms. The van der Waals surface area contributed by atoms with Crippen LogP contribution in [0.15, 0.2) is 18.2 Å². The highest BCUT2D eigenvalue weighted by Crippen LogP contribution is 2.18. The molecule has 18 heavy (non-hydrogen) atoms. The van der Waals surface area contributed by atoms with Crippen molar-refractivity contribution in [3.63, 3.8) is 0 Å². The van der Waals surface area contributed by atoms with Crippen LogP contribution in [0.25, 0.3) is 0 Å². The third kappa shape index (κ3) is 3.43. The highest BCUT2D eigenvalue weighted by molar-refractivity contribution is 5.51. The van der Waals surface area contributed by atoms with Crippen molar-refractivity contribution in [3.8, 4) is 0 Å². The Kier molecular flexibility index (Phi) is 4.55. The van der Waals surface area contributed by atoms with Crippen molar-refractivity contribution in [2.24, 2.45) is 0 Å². The summed E-state index contributed by atoms with van der Waals surface area (Å²) in [6.45, 7) is 8.16. The molecule has 1 N–H and O–H groups in total. The molecule has 3 nitrogen and oxygen atoms in total. The second-order valence-corrected chi connectivity index (χ2v) is 5.00. The molecule has 1 aromatic carbocycles. The van der Waals surface area contributed by atoms with Crippen molar-refractivity contribution in [1.29, 1.82) is 0 Å². The van der Waals surface area contributed by atoms with Crippen LogP contribution in [0.5, 0.6) is 0 Å². The monoisotopic (exact) mass is 251 g/mol. The van der Waals surface area contributed by atoms with Gasteiger partial charge in [0.05, 0.1) is 5.69 Å². The number of para-hydroxylation sites is 1. The second kappa shape index (κ2) is 6.16. The van der Waals surface area contributed by atoms with E-state index >= 15 is 0 Å². The molecule has 0 atom stereocenters. The lowest BCUT2D eigenvalue weighted by molar-refractivity contribution is 0.158. The Bertz CT molecular complexity index is 366. The number of nitrogens with one attached hydrogen (secondary N) is 1. The van der Waals surface area contributed by atoms with Crippen LogP contribution < -0.4 is 5.32 Å². The molecule has 1 aliphatic heterocycles. The molecule has 0 radical (unpaired) electrons. The lowest BCUT2D eigenvalue weighted by Gasteiger charge is -2.32. The molecule has 0 amide bonds. The van der Waals surface area contributed by atoms with Crippen LogP contribution >= 0.6 is 0 Å². The first-order valence-electron chi connectivity index (χ1n) is 6.56. The molecule has 1 fully saturated rings. The fourth-order valence-electron chi connectivity index (χ4n) is 2.27. The minimum absolute atomic E-state index is 0.159. The van der Waals surface area contributed by atoms with Crippen LogP contribution in [-0.2, 0) is 0 Å². The maximum absolute atomic E-state index is 13.6. The number of anilines is 1. The van der Waals surface area contributed by atoms with E-state index in [1.54, 1.807) is 6.07 Å². The molecular formula is C14H22FN3. The third-order valence-corrected chi connectivity index (χ3v) is 3.55. The Hall–Kier alpha value is -1.13. The average Bonchev–Trinajstić information content (AvgIpc) is 2.35. The van der Waals surface area contributed by atoms with Gasteiger partial charge >= 0.3 is 0 Å². The molecule has 1 saturated heterocycles. The Morgan fingerprint density at radius 2 is 1.94 bits per heavy atom. The zero-order valence-corrected chi connectivity index (χ0v) is 11.2. The van der Waals surface area contributed by atoms with Gasteiger partial charge in [0.15, 0.2) is 0 Å². The minimum atomic E-state index is -0.159. The summed E-state index contributed by atoms with van der Waals surface area (Å²) >= 11 is 0. The Balaban J connectivity index is 1.78. The maximum Gasteiger partial charge on any atom is 0.146 e. The zero-order valence-electron chi connectivity index (χ0n) is 11.2. The molecule has 1 aromatic rings. The molecule has 0 aliphatic carbocycles. The number of piperazine rings is 1. The van der Waals surface area contributed by atoms with Crippen molar-refractivity contribution < 1.29 is 4.39 Å². The summed E-state index contributed by atoms with van der Waals surface area (Å²) in [4.78, 5) is 4.76. The van der Waals surface area contributed by atoms with E-state index in [4.69, 9.17) is 0 Å². The van der Waals surface area contributed by atoms with Crippen molar-refractivity contribution in [1.82, 2.24) is 9.80 Å². The van der Waals surface area contributed by atoms with Gasteiger partial charge in [0.2, 0.25) is 0 Å². The molecule has 0 spiro atoms. The highest BCUT2D eigenvalue weighted by Gasteiger charge is 2.13. The molecule has 100 valence electrons. The standard InChI is InChI=1S/C14H22FN3/c1-12-4-3-5-13(15)14(12)16-6-7-18-10-8-17(2)9-11-18/h3-5,16H,6-11H2,1-2H3. The normalized spacial score (nSPS) is 17.9. The van der Waals surface area contributed by atoms with Gasteiger partial charge in [-0.2, -0.15) is 0 Å². The number of hydrogen-bond acceptors (Lipinski definition) is 3. The van der Waals surface area contributed by atoms with E-state index in [1.165, 1.54) is 6.07 Å². The SMILES string of the molecule is Cc1cccc(F)c1NCCN1CCN(C)CC1. The minimum Gasteiger partial charge on any atom is -0.381 e. The first-order valence-corrected chi connectivity index (χ1v) is 6.56. The Morgan fingerprint density at radius 3 is 2.61 bits per heavy atom. The van der Waals surface area contributed by atoms with Crippen molar-refractivity contribution >= 4 is 5.69 Å². The third-order valence-electron chi connectivity index (χ3n) is 3.55. The molecule has 0 aromatic heterocycles. The van der Waals surface area contributed by atoms with Crippen molar-refractivity contribution in [3.05, 3.63) is 29.6 Å². The van der Waals surface area contributed by atoms with Crippen molar-refractivity contribution in [2.45, 2.75) is 6.92 Å². The first-order chi connectivity index (χ1) is 8.66. The number of halogens is 1. The van der Waals surface area contributed by atoms with E-state index in [-0.39, 0.29) is 5.82 Å². The first kappa shape index (κ1) is 13.3. The fraction of sp³-hybridized carbons (Fsp3) is 0.571. The molecule has 1 aliphatic rings. The molecule has 2 rings (SSSR count). The van der Waals surface area contributed by atoms with Gasteiger partial charge in [0.1, 0.15) is 5.82 Å². The quantitative estimate of drug-likeness (QED) is 0.880. The van der Waals surface area contributed by atoms with Crippen LogP contribution in [0.2, 0.25) is 0 Å². The number of likely N-dealkylation sites (N-methyl/N-ethyl adjacent to an activating group) is 1. The Labute approximate surface area is 109 Å². The fourth-order valence-corrected chi connectivity index (χ4v) is 2.27. The van der Waals surface area contributed by atoms with Crippen LogP contribution in [0, 0.1) is 12.7 Å². The van der Waals surface area contributed by atoms with Crippen LogP contribution in [0.4, 0.5) is 10.1 Å². The maximum atomic E-state index is 13.6. The Morgan fingerprint density at radius 1 is 1.22 bits per heavy atom. The predicted octanol–water partition coefficient (Wildman–Crippen LogP) is 1.79. The van der Waals surface area contributed by atoms with E-state index in [2.05, 4.69) is 22.2 Å². The van der Waals surface area contributed by atoms with Crippen LogP contribution in [0.3, 0.4) is 0 Å². The van der Waals surface area contributed by atoms with E-state index < -0.39 is 0 Å². The number of aryl methyl sites for hydroxylation is 1. The van der Waals surface area contributed by atoms with E-state index in [9.17, 15) is 4.39 Å². The van der Waals surface area contributed by atoms with Crippen LogP contribution in [-0.4, -0.2) is 56.1 Å². The molecule has 0 unspecified atom stereocenters. The summed E-state index contributed by atoms with van der Waals surface area (Å²) in [5, 5.41) is 3.21. The number of benzene rings is 1. The summed E-state index contributed by atoms with van der Waals surface area (Å²) in [5.74, 6) is -0.159. The smallest absolute Gasteiger partial charge is 0.146 e.